The molecule has 6 nitrogen and oxygen atoms in total. The lowest BCUT2D eigenvalue weighted by Crippen LogP contribution is -2.13. The molecule has 0 unspecified atom stereocenters. The number of nitrogens with one attached hydrogen (secondary N) is 1. The number of hydrogen-bond acceptors (Lipinski definition) is 5. The minimum atomic E-state index is -0.197. The van der Waals surface area contributed by atoms with Crippen LogP contribution in [0.2, 0.25) is 0 Å². The van der Waals surface area contributed by atoms with Gasteiger partial charge in [0.2, 0.25) is 0 Å². The number of carbonyl (C=O) groups is 1. The molecular formula is C23H21N5OS. The van der Waals surface area contributed by atoms with E-state index in [0.717, 1.165) is 33.4 Å². The third kappa shape index (κ3) is 4.75. The molecule has 1 N–H and O–H groups in total. The number of rotatable bonds is 6. The quantitative estimate of drug-likeness (QED) is 0.457. The van der Waals surface area contributed by atoms with E-state index in [4.69, 9.17) is 0 Å². The van der Waals surface area contributed by atoms with Crippen LogP contribution in [0, 0.1) is 13.8 Å². The Morgan fingerprint density at radius 2 is 1.93 bits per heavy atom. The standard InChI is InChI=1S/C23H21N5OS/c1-16-12-17(2)28(27-16)21-10-9-19(14-25-21)23(29)26-20-7-5-6-18(13-20)15-30-22-8-3-4-11-24-22/h3-14H,15H2,1-2H3,(H,26,29). The maximum Gasteiger partial charge on any atom is 0.257 e. The molecule has 1 amide bonds. The molecule has 0 aliphatic rings. The van der Waals surface area contributed by atoms with E-state index in [0.29, 0.717) is 11.4 Å². The molecule has 0 aliphatic carbocycles. The van der Waals surface area contributed by atoms with Gasteiger partial charge in [-0.2, -0.15) is 5.10 Å². The first-order chi connectivity index (χ1) is 14.6. The second kappa shape index (κ2) is 8.92. The Hall–Kier alpha value is -3.45. The summed E-state index contributed by atoms with van der Waals surface area (Å²) in [6, 6.07) is 19.2. The molecule has 7 heteroatoms. The van der Waals surface area contributed by atoms with Crippen LogP contribution in [0.15, 0.2) is 78.1 Å². The van der Waals surface area contributed by atoms with Gasteiger partial charge in [0.05, 0.1) is 16.3 Å². The highest BCUT2D eigenvalue weighted by Crippen LogP contribution is 2.22. The summed E-state index contributed by atoms with van der Waals surface area (Å²) in [6.45, 7) is 3.91. The molecule has 4 rings (SSSR count). The predicted octanol–water partition coefficient (Wildman–Crippen LogP) is 4.82. The first-order valence-corrected chi connectivity index (χ1v) is 10.5. The second-order valence-electron chi connectivity index (χ2n) is 6.86. The van der Waals surface area contributed by atoms with Crippen LogP contribution >= 0.6 is 11.8 Å². The molecule has 0 bridgehead atoms. The molecular weight excluding hydrogens is 394 g/mol. The zero-order chi connectivity index (χ0) is 20.9. The molecule has 150 valence electrons. The van der Waals surface area contributed by atoms with Crippen molar-refractivity contribution in [3.8, 4) is 5.82 Å². The molecule has 0 atom stereocenters. The number of amides is 1. The Balaban J connectivity index is 1.41. The van der Waals surface area contributed by atoms with Crippen LogP contribution < -0.4 is 5.32 Å². The summed E-state index contributed by atoms with van der Waals surface area (Å²) in [4.78, 5) is 21.4. The largest absolute Gasteiger partial charge is 0.322 e. The minimum Gasteiger partial charge on any atom is -0.322 e. The minimum absolute atomic E-state index is 0.197. The van der Waals surface area contributed by atoms with E-state index >= 15 is 0 Å². The number of carbonyl (C=O) groups excluding carboxylic acids is 1. The summed E-state index contributed by atoms with van der Waals surface area (Å²) in [5, 5.41) is 8.34. The van der Waals surface area contributed by atoms with Gasteiger partial charge in [-0.25, -0.2) is 14.6 Å². The van der Waals surface area contributed by atoms with Gasteiger partial charge in [0.1, 0.15) is 0 Å². The fraction of sp³-hybridized carbons (Fsp3) is 0.130. The molecule has 0 saturated heterocycles. The van der Waals surface area contributed by atoms with Gasteiger partial charge in [0.15, 0.2) is 5.82 Å². The number of thioether (sulfide) groups is 1. The van der Waals surface area contributed by atoms with Crippen LogP contribution in [0.3, 0.4) is 0 Å². The summed E-state index contributed by atoms with van der Waals surface area (Å²) >= 11 is 1.66. The van der Waals surface area contributed by atoms with Crippen molar-refractivity contribution in [1.29, 1.82) is 0 Å². The van der Waals surface area contributed by atoms with Gasteiger partial charge in [-0.15, -0.1) is 11.8 Å². The third-order valence-electron chi connectivity index (χ3n) is 4.45. The number of aromatic nitrogens is 4. The summed E-state index contributed by atoms with van der Waals surface area (Å²) in [5.74, 6) is 1.27. The van der Waals surface area contributed by atoms with Crippen molar-refractivity contribution in [3.05, 3.63) is 95.6 Å². The maximum atomic E-state index is 12.6. The van der Waals surface area contributed by atoms with E-state index < -0.39 is 0 Å². The highest BCUT2D eigenvalue weighted by atomic mass is 32.2. The van der Waals surface area contributed by atoms with Gasteiger partial charge in [-0.1, -0.05) is 18.2 Å². The fourth-order valence-corrected chi connectivity index (χ4v) is 3.84. The summed E-state index contributed by atoms with van der Waals surface area (Å²) < 4.78 is 1.76. The first-order valence-electron chi connectivity index (χ1n) is 9.52. The molecule has 0 aliphatic heterocycles. The molecule has 0 fully saturated rings. The van der Waals surface area contributed by atoms with E-state index in [9.17, 15) is 4.79 Å². The maximum absolute atomic E-state index is 12.6. The first kappa shape index (κ1) is 19.8. The summed E-state index contributed by atoms with van der Waals surface area (Å²) in [6.07, 6.45) is 3.36. The van der Waals surface area contributed by atoms with E-state index in [1.54, 1.807) is 41.0 Å². The topological polar surface area (TPSA) is 72.7 Å². The fourth-order valence-electron chi connectivity index (χ4n) is 3.04. The van der Waals surface area contributed by atoms with Gasteiger partial charge in [0.25, 0.3) is 5.91 Å². The van der Waals surface area contributed by atoms with Gasteiger partial charge < -0.3 is 5.32 Å². The Bertz CT molecular complexity index is 1160. The number of nitrogens with zero attached hydrogens (tertiary/aromatic N) is 4. The molecule has 3 aromatic heterocycles. The Morgan fingerprint density at radius 3 is 2.63 bits per heavy atom. The zero-order valence-corrected chi connectivity index (χ0v) is 17.6. The van der Waals surface area contributed by atoms with Crippen molar-refractivity contribution in [2.24, 2.45) is 0 Å². The molecule has 30 heavy (non-hydrogen) atoms. The van der Waals surface area contributed by atoms with Gasteiger partial charge in [0, 0.05) is 29.5 Å². The highest BCUT2D eigenvalue weighted by Gasteiger charge is 2.10. The Kier molecular flexibility index (Phi) is 5.90. The average Bonchev–Trinajstić information content (AvgIpc) is 3.11. The summed E-state index contributed by atoms with van der Waals surface area (Å²) in [5.41, 5.74) is 4.28. The van der Waals surface area contributed by atoms with Crippen molar-refractivity contribution in [1.82, 2.24) is 19.7 Å². The Morgan fingerprint density at radius 1 is 1.03 bits per heavy atom. The number of anilines is 1. The lowest BCUT2D eigenvalue weighted by atomic mass is 10.2. The van der Waals surface area contributed by atoms with Crippen LogP contribution in [0.5, 0.6) is 0 Å². The lowest BCUT2D eigenvalue weighted by molar-refractivity contribution is 0.102. The molecule has 0 spiro atoms. The third-order valence-corrected chi connectivity index (χ3v) is 5.46. The normalized spacial score (nSPS) is 10.7. The summed E-state index contributed by atoms with van der Waals surface area (Å²) in [7, 11) is 0. The van der Waals surface area contributed by atoms with Crippen molar-refractivity contribution in [2.45, 2.75) is 24.6 Å². The van der Waals surface area contributed by atoms with Crippen LogP contribution in [-0.4, -0.2) is 25.7 Å². The molecule has 4 aromatic rings. The van der Waals surface area contributed by atoms with Crippen molar-refractivity contribution >= 4 is 23.4 Å². The predicted molar refractivity (Wildman–Crippen MR) is 119 cm³/mol. The number of hydrogen-bond donors (Lipinski definition) is 1. The second-order valence-corrected chi connectivity index (χ2v) is 7.85. The molecule has 1 aromatic carbocycles. The monoisotopic (exact) mass is 415 g/mol. The molecule has 3 heterocycles. The SMILES string of the molecule is Cc1cc(C)n(-c2ccc(C(=O)Nc3cccc(CSc4ccccn4)c3)cn2)n1. The molecule has 0 saturated carbocycles. The lowest BCUT2D eigenvalue weighted by Gasteiger charge is -2.08. The van der Waals surface area contributed by atoms with Gasteiger partial charge >= 0.3 is 0 Å². The van der Waals surface area contributed by atoms with Crippen molar-refractivity contribution in [2.75, 3.05) is 5.32 Å². The van der Waals surface area contributed by atoms with E-state index in [2.05, 4.69) is 20.4 Å². The van der Waals surface area contributed by atoms with Crippen LogP contribution in [0.1, 0.15) is 27.3 Å². The van der Waals surface area contributed by atoms with E-state index in [1.165, 1.54) is 0 Å². The van der Waals surface area contributed by atoms with Crippen molar-refractivity contribution < 1.29 is 4.79 Å². The average molecular weight is 416 g/mol. The smallest absolute Gasteiger partial charge is 0.257 e. The van der Waals surface area contributed by atoms with E-state index in [1.807, 2.05) is 62.4 Å². The number of pyridine rings is 2. The Labute approximate surface area is 179 Å². The van der Waals surface area contributed by atoms with E-state index in [-0.39, 0.29) is 5.91 Å². The van der Waals surface area contributed by atoms with Crippen LogP contribution in [-0.2, 0) is 5.75 Å². The number of benzene rings is 1. The van der Waals surface area contributed by atoms with Gasteiger partial charge in [-0.05, 0) is 61.9 Å². The number of aryl methyl sites for hydroxylation is 2. The van der Waals surface area contributed by atoms with Crippen LogP contribution in [0.25, 0.3) is 5.82 Å². The van der Waals surface area contributed by atoms with Crippen molar-refractivity contribution in [3.63, 3.8) is 0 Å². The van der Waals surface area contributed by atoms with Gasteiger partial charge in [-0.3, -0.25) is 4.79 Å². The zero-order valence-electron chi connectivity index (χ0n) is 16.7. The molecule has 0 radical (unpaired) electrons. The van der Waals surface area contributed by atoms with Crippen LogP contribution in [0.4, 0.5) is 5.69 Å². The highest BCUT2D eigenvalue weighted by molar-refractivity contribution is 7.98.